The standard InChI is InChI=1S/2C11H21O2S.2C4H9.Sn/c2*1-3-5-6-10(4-2)9-13-11(12)7-8-14;2*1-3-4-2;/h2*10H,3-9H2,1-2H3;2*1,3-4H2,2H3;. The van der Waals surface area contributed by atoms with Gasteiger partial charge in [0.05, 0.1) is 26.1 Å². The van der Waals surface area contributed by atoms with Gasteiger partial charge in [-0.25, -0.2) is 0 Å². The first-order chi connectivity index (χ1) is 17.3. The van der Waals surface area contributed by atoms with Gasteiger partial charge in [-0.1, -0.05) is 145 Å². The average Bonchev–Trinajstić information content (AvgIpc) is 2.90. The van der Waals surface area contributed by atoms with Crippen molar-refractivity contribution in [2.24, 2.45) is 11.8 Å². The molecule has 4 nitrogen and oxygen atoms in total. The van der Waals surface area contributed by atoms with Crippen molar-refractivity contribution >= 4 is 61.1 Å². The molecule has 0 heterocycles. The van der Waals surface area contributed by atoms with E-state index < -0.39 is 0 Å². The van der Waals surface area contributed by atoms with Gasteiger partial charge in [0.25, 0.3) is 0 Å². The van der Waals surface area contributed by atoms with E-state index in [1.54, 1.807) is 0 Å². The van der Waals surface area contributed by atoms with Crippen molar-refractivity contribution in [3.05, 3.63) is 13.8 Å². The topological polar surface area (TPSA) is 52.6 Å². The Hall–Kier alpha value is 0.439. The van der Waals surface area contributed by atoms with Crippen LogP contribution in [0.4, 0.5) is 0 Å². The molecule has 0 amide bonds. The van der Waals surface area contributed by atoms with Crippen LogP contribution < -0.4 is 0 Å². The van der Waals surface area contributed by atoms with Gasteiger partial charge in [-0.3, -0.25) is 9.59 Å². The van der Waals surface area contributed by atoms with Gasteiger partial charge in [-0.15, -0.1) is 0 Å². The van der Waals surface area contributed by atoms with Gasteiger partial charge in [0.1, 0.15) is 0 Å². The van der Waals surface area contributed by atoms with Crippen LogP contribution in [-0.2, 0) is 19.1 Å². The van der Waals surface area contributed by atoms with Crippen LogP contribution in [0.15, 0.2) is 0 Å². The Labute approximate surface area is 260 Å². The molecular formula is C30H60O4S2Sn. The van der Waals surface area contributed by atoms with Crippen molar-refractivity contribution in [3.63, 3.8) is 0 Å². The van der Waals surface area contributed by atoms with Gasteiger partial charge in [0, 0.05) is 35.4 Å². The smallest absolute Gasteiger partial charge is 0.306 e. The molecule has 0 bridgehead atoms. The first kappa shape index (κ1) is 47.2. The Morgan fingerprint density at radius 3 is 1.14 bits per heavy atom. The molecule has 0 fully saturated rings. The van der Waals surface area contributed by atoms with Crippen LogP contribution in [0.25, 0.3) is 0 Å². The van der Waals surface area contributed by atoms with E-state index in [2.05, 4.69) is 55.4 Å². The minimum atomic E-state index is -0.144. The number of rotatable bonds is 18. The zero-order valence-electron chi connectivity index (χ0n) is 25.2. The molecule has 0 saturated carbocycles. The minimum absolute atomic E-state index is 0. The second-order valence-corrected chi connectivity index (χ2v) is 9.63. The SMILES string of the molecule is CCCCC(CC)COC(=O)CC[S].CCCCC(CC)COC(=O)CC[S].[CH2]CCC.[CH2]CCC.[Sn]. The molecule has 0 aliphatic heterocycles. The summed E-state index contributed by atoms with van der Waals surface area (Å²) in [5.74, 6) is 1.70. The maximum atomic E-state index is 11.0. The van der Waals surface area contributed by atoms with Gasteiger partial charge in [0.2, 0.25) is 0 Å². The summed E-state index contributed by atoms with van der Waals surface area (Å²) in [6.07, 6.45) is 14.6. The van der Waals surface area contributed by atoms with Gasteiger partial charge in [-0.2, -0.15) is 0 Å². The average molecular weight is 668 g/mol. The van der Waals surface area contributed by atoms with Crippen molar-refractivity contribution in [1.29, 1.82) is 0 Å². The fourth-order valence-electron chi connectivity index (χ4n) is 2.53. The molecule has 7 heteroatoms. The third kappa shape index (κ3) is 46.6. The molecule has 2 atom stereocenters. The van der Waals surface area contributed by atoms with E-state index in [1.807, 2.05) is 0 Å². The number of carbonyl (C=O) groups excluding carboxylic acids is 2. The van der Waals surface area contributed by atoms with Crippen molar-refractivity contribution in [2.45, 2.75) is 131 Å². The summed E-state index contributed by atoms with van der Waals surface area (Å²) < 4.78 is 10.3. The second-order valence-electron chi connectivity index (χ2n) is 8.81. The molecule has 0 aliphatic rings. The third-order valence-corrected chi connectivity index (χ3v) is 5.77. The van der Waals surface area contributed by atoms with E-state index in [0.717, 1.165) is 38.5 Å². The third-order valence-electron chi connectivity index (χ3n) is 5.37. The van der Waals surface area contributed by atoms with E-state index >= 15 is 0 Å². The van der Waals surface area contributed by atoms with Crippen molar-refractivity contribution in [3.8, 4) is 0 Å². The normalized spacial score (nSPS) is 11.1. The van der Waals surface area contributed by atoms with Gasteiger partial charge in [-0.05, 0) is 24.7 Å². The quantitative estimate of drug-likeness (QED) is 0.108. The Kier molecular flexibility index (Phi) is 55.5. The van der Waals surface area contributed by atoms with Gasteiger partial charge < -0.3 is 9.47 Å². The summed E-state index contributed by atoms with van der Waals surface area (Å²) in [5, 5.41) is 0. The fourth-order valence-corrected chi connectivity index (χ4v) is 2.86. The van der Waals surface area contributed by atoms with Gasteiger partial charge >= 0.3 is 11.9 Å². The van der Waals surface area contributed by atoms with Crippen LogP contribution >= 0.6 is 25.3 Å². The van der Waals surface area contributed by atoms with Crippen LogP contribution in [0, 0.1) is 25.7 Å². The summed E-state index contributed by atoms with van der Waals surface area (Å²) in [7, 11) is 0. The number of ether oxygens (including phenoxy) is 2. The summed E-state index contributed by atoms with van der Waals surface area (Å²) >= 11 is 9.41. The number of unbranched alkanes of at least 4 members (excludes halogenated alkanes) is 4. The first-order valence-electron chi connectivity index (χ1n) is 14.4. The maximum Gasteiger partial charge on any atom is 0.306 e. The maximum absolute atomic E-state index is 11.0. The molecule has 0 aromatic rings. The Morgan fingerprint density at radius 1 is 0.649 bits per heavy atom. The molecular weight excluding hydrogens is 607 g/mol. The molecule has 0 saturated heterocycles. The van der Waals surface area contributed by atoms with Crippen LogP contribution in [0.2, 0.25) is 0 Å². The molecule has 0 rings (SSSR count). The van der Waals surface area contributed by atoms with Gasteiger partial charge in [0.15, 0.2) is 0 Å². The van der Waals surface area contributed by atoms with Crippen LogP contribution in [0.1, 0.15) is 131 Å². The van der Waals surface area contributed by atoms with Crippen molar-refractivity contribution in [1.82, 2.24) is 0 Å². The predicted octanol–water partition coefficient (Wildman–Crippen LogP) is 9.53. The molecule has 220 valence electrons. The van der Waals surface area contributed by atoms with Crippen LogP contribution in [0.3, 0.4) is 0 Å². The summed E-state index contributed by atoms with van der Waals surface area (Å²) in [6, 6.07) is 0. The molecule has 0 N–H and O–H groups in total. The van der Waals surface area contributed by atoms with E-state index in [1.165, 1.54) is 38.5 Å². The van der Waals surface area contributed by atoms with E-state index in [0.29, 0.717) is 49.4 Å². The molecule has 0 aromatic carbocycles. The molecule has 0 aromatic heterocycles. The Balaban J connectivity index is -0.000000140. The Bertz CT molecular complexity index is 384. The monoisotopic (exact) mass is 668 g/mol. The molecule has 0 spiro atoms. The summed E-state index contributed by atoms with van der Waals surface area (Å²) in [6.45, 7) is 21.2. The Morgan fingerprint density at radius 2 is 0.946 bits per heavy atom. The van der Waals surface area contributed by atoms with Crippen molar-refractivity contribution in [2.75, 3.05) is 24.7 Å². The first-order valence-corrected chi connectivity index (χ1v) is 15.5. The number of esters is 2. The second kappa shape index (κ2) is 43.5. The number of hydrogen-bond donors (Lipinski definition) is 0. The summed E-state index contributed by atoms with van der Waals surface area (Å²) in [4.78, 5) is 22.1. The zero-order chi connectivity index (χ0) is 28.5. The predicted molar refractivity (Wildman–Crippen MR) is 169 cm³/mol. The minimum Gasteiger partial charge on any atom is -0.465 e. The molecule has 8 radical (unpaired) electrons. The van der Waals surface area contributed by atoms with E-state index in [4.69, 9.17) is 34.7 Å². The molecule has 37 heavy (non-hydrogen) atoms. The van der Waals surface area contributed by atoms with Crippen LogP contribution in [0.5, 0.6) is 0 Å². The largest absolute Gasteiger partial charge is 0.465 e. The number of hydrogen-bond acceptors (Lipinski definition) is 4. The fraction of sp³-hybridized carbons (Fsp3) is 0.867. The summed E-state index contributed by atoms with van der Waals surface area (Å²) in [5.41, 5.74) is 0. The molecule has 0 aliphatic carbocycles. The molecule has 2 unspecified atom stereocenters. The van der Waals surface area contributed by atoms with E-state index in [-0.39, 0.29) is 35.8 Å². The van der Waals surface area contributed by atoms with Crippen LogP contribution in [-0.4, -0.2) is 60.6 Å². The zero-order valence-corrected chi connectivity index (χ0v) is 29.7. The van der Waals surface area contributed by atoms with E-state index in [9.17, 15) is 9.59 Å². The number of carbonyl (C=O) groups is 2. The van der Waals surface area contributed by atoms with Crippen molar-refractivity contribution < 1.29 is 19.1 Å².